The summed E-state index contributed by atoms with van der Waals surface area (Å²) in [6.07, 6.45) is 13.6. The van der Waals surface area contributed by atoms with E-state index in [9.17, 15) is 0 Å². The van der Waals surface area contributed by atoms with E-state index in [-0.39, 0.29) is 0 Å². The highest BCUT2D eigenvalue weighted by Gasteiger charge is 2.19. The van der Waals surface area contributed by atoms with E-state index in [1.54, 1.807) is 0 Å². The van der Waals surface area contributed by atoms with Crippen molar-refractivity contribution < 1.29 is 0 Å². The van der Waals surface area contributed by atoms with Gasteiger partial charge in [0.1, 0.15) is 0 Å². The summed E-state index contributed by atoms with van der Waals surface area (Å²) >= 11 is 0. The number of aromatic nitrogens is 1. The lowest BCUT2D eigenvalue weighted by Gasteiger charge is -2.24. The highest BCUT2D eigenvalue weighted by atomic mass is 14.9. The van der Waals surface area contributed by atoms with E-state index >= 15 is 0 Å². The molecule has 0 saturated heterocycles. The van der Waals surface area contributed by atoms with E-state index in [0.717, 1.165) is 5.92 Å². The maximum Gasteiger partial charge on any atom is 0.0349 e. The first-order valence-corrected chi connectivity index (χ1v) is 8.38. The molecular weight excluding hydrogens is 256 g/mol. The van der Waals surface area contributed by atoms with E-state index in [2.05, 4.69) is 41.6 Å². The quantitative estimate of drug-likeness (QED) is 0.810. The third-order valence-electron chi connectivity index (χ3n) is 4.99. The summed E-state index contributed by atoms with van der Waals surface area (Å²) in [5.41, 5.74) is 1.41. The lowest BCUT2D eigenvalue weighted by atomic mass is 9.88. The summed E-state index contributed by atoms with van der Waals surface area (Å²) in [7, 11) is 2.09. The Morgan fingerprint density at radius 3 is 2.71 bits per heavy atom. The lowest BCUT2D eigenvalue weighted by molar-refractivity contribution is 0.369. The van der Waals surface area contributed by atoms with E-state index < -0.39 is 0 Å². The molecule has 1 N–H and O–H groups in total. The Bertz CT molecular complexity index is 565. The van der Waals surface area contributed by atoms with Gasteiger partial charge in [0.15, 0.2) is 0 Å². The fourth-order valence-corrected chi connectivity index (χ4v) is 3.77. The molecule has 2 heteroatoms. The number of hydrogen-bond donors (Lipinski definition) is 1. The number of fused-ring (bicyclic) bond motifs is 1. The van der Waals surface area contributed by atoms with E-state index in [4.69, 9.17) is 0 Å². The molecule has 1 unspecified atom stereocenters. The van der Waals surface area contributed by atoms with Crippen LogP contribution in [0.25, 0.3) is 10.8 Å². The standard InChI is InChI=1S/C19H26N2/c1-20-19(13-15-7-4-2-3-5-8-15)17-10-6-9-16-11-12-21-14-18(16)17/h6,9-12,14-15,19-20H,2-5,7-8,13H2,1H3. The summed E-state index contributed by atoms with van der Waals surface area (Å²) in [4.78, 5) is 4.32. The van der Waals surface area contributed by atoms with Crippen molar-refractivity contribution >= 4 is 10.8 Å². The summed E-state index contributed by atoms with van der Waals surface area (Å²) in [5.74, 6) is 0.872. The van der Waals surface area contributed by atoms with Gasteiger partial charge in [0.05, 0.1) is 0 Å². The largest absolute Gasteiger partial charge is 0.313 e. The third-order valence-corrected chi connectivity index (χ3v) is 4.99. The van der Waals surface area contributed by atoms with Gasteiger partial charge in [-0.1, -0.05) is 56.7 Å². The van der Waals surface area contributed by atoms with Gasteiger partial charge in [0.25, 0.3) is 0 Å². The van der Waals surface area contributed by atoms with Gasteiger partial charge in [-0.3, -0.25) is 4.98 Å². The predicted octanol–water partition coefficient (Wildman–Crippen LogP) is 4.86. The van der Waals surface area contributed by atoms with Crippen LogP contribution in [0.5, 0.6) is 0 Å². The average Bonchev–Trinajstić information content (AvgIpc) is 2.81. The Hall–Kier alpha value is -1.41. The second-order valence-electron chi connectivity index (χ2n) is 6.38. The second kappa shape index (κ2) is 7.04. The fraction of sp³-hybridized carbons (Fsp3) is 0.526. The number of benzene rings is 1. The summed E-state index contributed by atoms with van der Waals surface area (Å²) < 4.78 is 0. The molecule has 112 valence electrons. The van der Waals surface area contributed by atoms with Crippen LogP contribution >= 0.6 is 0 Å². The van der Waals surface area contributed by atoms with E-state index in [1.807, 2.05) is 12.4 Å². The van der Waals surface area contributed by atoms with Gasteiger partial charge < -0.3 is 5.32 Å². The first-order chi connectivity index (χ1) is 10.4. The first-order valence-electron chi connectivity index (χ1n) is 8.38. The zero-order valence-corrected chi connectivity index (χ0v) is 13.0. The zero-order chi connectivity index (χ0) is 14.5. The molecule has 1 heterocycles. The smallest absolute Gasteiger partial charge is 0.0349 e. The van der Waals surface area contributed by atoms with Crippen LogP contribution < -0.4 is 5.32 Å². The van der Waals surface area contributed by atoms with Crippen LogP contribution in [0.3, 0.4) is 0 Å². The van der Waals surface area contributed by atoms with E-state index in [1.165, 1.54) is 61.3 Å². The Morgan fingerprint density at radius 1 is 1.14 bits per heavy atom. The Labute approximate surface area is 128 Å². The van der Waals surface area contributed by atoms with Crippen LogP contribution in [0.2, 0.25) is 0 Å². The SMILES string of the molecule is CNC(CC1CCCCCC1)c1cccc2ccncc12. The summed E-state index contributed by atoms with van der Waals surface area (Å²) in [5, 5.41) is 6.14. The summed E-state index contributed by atoms with van der Waals surface area (Å²) in [6.45, 7) is 0. The van der Waals surface area contributed by atoms with Gasteiger partial charge in [0, 0.05) is 23.8 Å². The maximum atomic E-state index is 4.32. The van der Waals surface area contributed by atoms with E-state index in [0.29, 0.717) is 6.04 Å². The van der Waals surface area contributed by atoms with Crippen molar-refractivity contribution in [2.24, 2.45) is 5.92 Å². The lowest BCUT2D eigenvalue weighted by Crippen LogP contribution is -2.20. The molecule has 0 radical (unpaired) electrons. The number of nitrogens with one attached hydrogen (secondary N) is 1. The fourth-order valence-electron chi connectivity index (χ4n) is 3.77. The van der Waals surface area contributed by atoms with Crippen molar-refractivity contribution in [2.45, 2.75) is 51.0 Å². The van der Waals surface area contributed by atoms with Crippen molar-refractivity contribution in [1.82, 2.24) is 10.3 Å². The number of pyridine rings is 1. The van der Waals surface area contributed by atoms with Crippen molar-refractivity contribution in [3.05, 3.63) is 42.2 Å². The molecule has 1 atom stereocenters. The summed E-state index contributed by atoms with van der Waals surface area (Å²) in [6, 6.07) is 9.17. The van der Waals surface area contributed by atoms with Crippen LogP contribution in [-0.4, -0.2) is 12.0 Å². The zero-order valence-electron chi connectivity index (χ0n) is 13.0. The van der Waals surface area contributed by atoms with Crippen molar-refractivity contribution in [1.29, 1.82) is 0 Å². The van der Waals surface area contributed by atoms with Crippen LogP contribution in [0, 0.1) is 5.92 Å². The van der Waals surface area contributed by atoms with Crippen LogP contribution in [-0.2, 0) is 0 Å². The Balaban J connectivity index is 1.84. The van der Waals surface area contributed by atoms with Gasteiger partial charge in [0.2, 0.25) is 0 Å². The maximum absolute atomic E-state index is 4.32. The van der Waals surface area contributed by atoms with Crippen molar-refractivity contribution in [3.63, 3.8) is 0 Å². The number of rotatable bonds is 4. The van der Waals surface area contributed by atoms with Gasteiger partial charge in [-0.2, -0.15) is 0 Å². The minimum atomic E-state index is 0.445. The molecule has 1 saturated carbocycles. The highest BCUT2D eigenvalue weighted by Crippen LogP contribution is 2.33. The van der Waals surface area contributed by atoms with Crippen molar-refractivity contribution in [3.8, 4) is 0 Å². The topological polar surface area (TPSA) is 24.9 Å². The van der Waals surface area contributed by atoms with Crippen LogP contribution in [0.15, 0.2) is 36.7 Å². The Morgan fingerprint density at radius 2 is 1.95 bits per heavy atom. The molecule has 0 bridgehead atoms. The first kappa shape index (κ1) is 14.5. The molecule has 1 aliphatic carbocycles. The molecule has 0 aliphatic heterocycles. The predicted molar refractivity (Wildman–Crippen MR) is 89.4 cm³/mol. The highest BCUT2D eigenvalue weighted by molar-refractivity contribution is 5.85. The minimum absolute atomic E-state index is 0.445. The Kier molecular flexibility index (Phi) is 4.87. The van der Waals surface area contributed by atoms with Crippen molar-refractivity contribution in [2.75, 3.05) is 7.05 Å². The molecule has 21 heavy (non-hydrogen) atoms. The average molecular weight is 282 g/mol. The molecule has 0 amide bonds. The molecule has 1 fully saturated rings. The van der Waals surface area contributed by atoms with Gasteiger partial charge in [-0.05, 0) is 36.4 Å². The minimum Gasteiger partial charge on any atom is -0.313 e. The number of nitrogens with zero attached hydrogens (tertiary/aromatic N) is 1. The van der Waals surface area contributed by atoms with Gasteiger partial charge in [-0.15, -0.1) is 0 Å². The van der Waals surface area contributed by atoms with Gasteiger partial charge >= 0.3 is 0 Å². The normalized spacial score (nSPS) is 18.5. The van der Waals surface area contributed by atoms with Crippen LogP contribution in [0.4, 0.5) is 0 Å². The monoisotopic (exact) mass is 282 g/mol. The molecule has 2 nitrogen and oxygen atoms in total. The third kappa shape index (κ3) is 3.44. The molecule has 1 aromatic carbocycles. The molecule has 2 aromatic rings. The molecule has 1 aromatic heterocycles. The molecule has 3 rings (SSSR count). The molecule has 0 spiro atoms. The number of hydrogen-bond acceptors (Lipinski definition) is 2. The van der Waals surface area contributed by atoms with Gasteiger partial charge in [-0.25, -0.2) is 0 Å². The van der Waals surface area contributed by atoms with Crippen LogP contribution in [0.1, 0.15) is 56.6 Å². The molecular formula is C19H26N2. The second-order valence-corrected chi connectivity index (χ2v) is 6.38. The molecule has 1 aliphatic rings.